The zero-order valence-electron chi connectivity index (χ0n) is 15.6. The molecule has 1 fully saturated rings. The van der Waals surface area contributed by atoms with Crippen LogP contribution in [0.1, 0.15) is 23.4 Å². The summed E-state index contributed by atoms with van der Waals surface area (Å²) >= 11 is 0. The van der Waals surface area contributed by atoms with Gasteiger partial charge in [0.1, 0.15) is 6.10 Å². The van der Waals surface area contributed by atoms with Crippen LogP contribution in [0.4, 0.5) is 0 Å². The number of hydrogen-bond donors (Lipinski definition) is 0. The minimum absolute atomic E-state index is 0.0127. The van der Waals surface area contributed by atoms with E-state index in [1.165, 1.54) is 0 Å². The molecule has 1 atom stereocenters. The minimum atomic E-state index is -3.01. The molecule has 144 valence electrons. The molecular weight excluding hydrogens is 366 g/mol. The van der Waals surface area contributed by atoms with Crippen molar-refractivity contribution in [3.63, 3.8) is 0 Å². The van der Waals surface area contributed by atoms with Gasteiger partial charge in [-0.3, -0.25) is 4.79 Å². The van der Waals surface area contributed by atoms with E-state index in [2.05, 4.69) is 0 Å². The molecule has 6 nitrogen and oxygen atoms in total. The van der Waals surface area contributed by atoms with Crippen molar-refractivity contribution >= 4 is 22.1 Å². The summed E-state index contributed by atoms with van der Waals surface area (Å²) in [6, 6.07) is 8.68. The number of ether oxygens (including phenoxy) is 2. The Morgan fingerprint density at radius 2 is 1.81 bits per heavy atom. The molecule has 1 aromatic heterocycles. The highest BCUT2D eigenvalue weighted by molar-refractivity contribution is 7.91. The van der Waals surface area contributed by atoms with E-state index in [1.54, 1.807) is 25.3 Å². The number of rotatable bonds is 5. The van der Waals surface area contributed by atoms with Gasteiger partial charge in [0.15, 0.2) is 26.8 Å². The predicted octanol–water partition coefficient (Wildman–Crippen LogP) is 2.67. The third-order valence-electron chi connectivity index (χ3n) is 4.55. The van der Waals surface area contributed by atoms with Crippen molar-refractivity contribution in [2.45, 2.75) is 26.4 Å². The fourth-order valence-electron chi connectivity index (χ4n) is 3.19. The van der Waals surface area contributed by atoms with Gasteiger partial charge in [0, 0.05) is 29.7 Å². The Balaban J connectivity index is 1.86. The lowest BCUT2D eigenvalue weighted by atomic mass is 10.2. The molecule has 0 spiro atoms. The van der Waals surface area contributed by atoms with Gasteiger partial charge in [0.2, 0.25) is 0 Å². The first-order valence-electron chi connectivity index (χ1n) is 8.70. The molecule has 3 rings (SSSR count). The van der Waals surface area contributed by atoms with Crippen LogP contribution in [-0.4, -0.2) is 37.7 Å². The number of nitrogens with zero attached hydrogens (tertiary/aromatic N) is 1. The first kappa shape index (κ1) is 19.2. The van der Waals surface area contributed by atoms with Gasteiger partial charge in [-0.2, -0.15) is 0 Å². The quantitative estimate of drug-likeness (QED) is 0.786. The lowest BCUT2D eigenvalue weighted by Gasteiger charge is -2.15. The Morgan fingerprint density at radius 3 is 2.41 bits per heavy atom. The maximum atomic E-state index is 11.7. The number of aromatic nitrogens is 1. The summed E-state index contributed by atoms with van der Waals surface area (Å²) in [6.07, 6.45) is 3.92. The molecule has 27 heavy (non-hydrogen) atoms. The van der Waals surface area contributed by atoms with Crippen molar-refractivity contribution in [1.29, 1.82) is 0 Å². The van der Waals surface area contributed by atoms with Gasteiger partial charge in [-0.15, -0.1) is 0 Å². The molecule has 1 saturated heterocycles. The number of hydrogen-bond acceptors (Lipinski definition) is 5. The van der Waals surface area contributed by atoms with Gasteiger partial charge < -0.3 is 14.0 Å². The minimum Gasteiger partial charge on any atom is -0.493 e. The van der Waals surface area contributed by atoms with Gasteiger partial charge in [0.05, 0.1) is 18.6 Å². The number of methoxy groups -OCH3 is 1. The van der Waals surface area contributed by atoms with Crippen LogP contribution in [0.3, 0.4) is 0 Å². The van der Waals surface area contributed by atoms with Crippen molar-refractivity contribution in [3.8, 4) is 11.5 Å². The highest BCUT2D eigenvalue weighted by Crippen LogP contribution is 2.31. The summed E-state index contributed by atoms with van der Waals surface area (Å²) in [6.45, 7) is 3.75. The van der Waals surface area contributed by atoms with Crippen LogP contribution in [0, 0.1) is 13.8 Å². The summed E-state index contributed by atoms with van der Waals surface area (Å²) < 4.78 is 36.5. The largest absolute Gasteiger partial charge is 0.493 e. The fourth-order valence-corrected chi connectivity index (χ4v) is 4.78. The lowest BCUT2D eigenvalue weighted by molar-refractivity contribution is 0.218. The smallest absolute Gasteiger partial charge is 0.182 e. The molecule has 2 aromatic rings. The monoisotopic (exact) mass is 389 g/mol. The van der Waals surface area contributed by atoms with Crippen molar-refractivity contribution in [2.24, 2.45) is 0 Å². The summed E-state index contributed by atoms with van der Waals surface area (Å²) in [5.41, 5.74) is 2.56. The topological polar surface area (TPSA) is 74.6 Å². The van der Waals surface area contributed by atoms with E-state index >= 15 is 0 Å². The first-order chi connectivity index (χ1) is 12.8. The first-order valence-corrected chi connectivity index (χ1v) is 10.5. The SMILES string of the molecule is COc1ccc(/C=C/n2c(C)cc(=O)cc2C)cc1O[C@H]1CCS(=O)(=O)C1. The molecule has 0 aliphatic carbocycles. The molecule has 0 bridgehead atoms. The molecule has 0 radical (unpaired) electrons. The van der Waals surface area contributed by atoms with Crippen LogP contribution in [0.2, 0.25) is 0 Å². The Kier molecular flexibility index (Phi) is 5.41. The van der Waals surface area contributed by atoms with Crippen molar-refractivity contribution in [1.82, 2.24) is 4.57 Å². The summed E-state index contributed by atoms with van der Waals surface area (Å²) in [4.78, 5) is 11.6. The van der Waals surface area contributed by atoms with Crippen LogP contribution in [0.5, 0.6) is 11.5 Å². The van der Waals surface area contributed by atoms with E-state index in [4.69, 9.17) is 9.47 Å². The third-order valence-corrected chi connectivity index (χ3v) is 6.29. The van der Waals surface area contributed by atoms with Crippen molar-refractivity contribution in [3.05, 3.63) is 57.5 Å². The van der Waals surface area contributed by atoms with Crippen LogP contribution in [0.25, 0.3) is 12.3 Å². The standard InChI is InChI=1S/C20H23NO5S/c1-14-10-17(22)11-15(2)21(14)8-6-16-4-5-19(25-3)20(12-16)26-18-7-9-27(23,24)13-18/h4-6,8,10-12,18H,7,9,13H2,1-3H3/b8-6+/t18-/m0/s1. The van der Waals surface area contributed by atoms with E-state index in [0.29, 0.717) is 17.9 Å². The molecule has 0 saturated carbocycles. The maximum Gasteiger partial charge on any atom is 0.182 e. The molecule has 1 aromatic carbocycles. The second-order valence-electron chi connectivity index (χ2n) is 6.71. The lowest BCUT2D eigenvalue weighted by Crippen LogP contribution is -2.18. The predicted molar refractivity (Wildman–Crippen MR) is 106 cm³/mol. The van der Waals surface area contributed by atoms with E-state index in [1.807, 2.05) is 42.8 Å². The van der Waals surface area contributed by atoms with E-state index in [0.717, 1.165) is 17.0 Å². The van der Waals surface area contributed by atoms with Crippen LogP contribution in [-0.2, 0) is 9.84 Å². The third kappa shape index (κ3) is 4.60. The average molecular weight is 389 g/mol. The van der Waals surface area contributed by atoms with Crippen molar-refractivity contribution < 1.29 is 17.9 Å². The highest BCUT2D eigenvalue weighted by Gasteiger charge is 2.30. The average Bonchev–Trinajstić information content (AvgIpc) is 2.92. The molecular formula is C20H23NO5S. The van der Waals surface area contributed by atoms with Gasteiger partial charge in [-0.1, -0.05) is 6.07 Å². The van der Waals surface area contributed by atoms with Crippen LogP contribution in [0.15, 0.2) is 35.1 Å². The molecule has 0 unspecified atom stereocenters. The number of pyridine rings is 1. The normalized spacial score (nSPS) is 18.7. The van der Waals surface area contributed by atoms with Crippen molar-refractivity contribution in [2.75, 3.05) is 18.6 Å². The summed E-state index contributed by atoms with van der Waals surface area (Å²) in [7, 11) is -1.46. The van der Waals surface area contributed by atoms with E-state index in [-0.39, 0.29) is 23.0 Å². The second-order valence-corrected chi connectivity index (χ2v) is 8.94. The van der Waals surface area contributed by atoms with Gasteiger partial charge in [-0.25, -0.2) is 8.42 Å². The molecule has 0 N–H and O–H groups in total. The maximum absolute atomic E-state index is 11.7. The zero-order chi connectivity index (χ0) is 19.6. The Bertz CT molecular complexity index is 1010. The van der Waals surface area contributed by atoms with Gasteiger partial charge in [0.25, 0.3) is 0 Å². The molecule has 1 aliphatic rings. The fraction of sp³-hybridized carbons (Fsp3) is 0.350. The van der Waals surface area contributed by atoms with Crippen LogP contribution >= 0.6 is 0 Å². The molecule has 2 heterocycles. The number of benzene rings is 1. The van der Waals surface area contributed by atoms with Gasteiger partial charge >= 0.3 is 0 Å². The molecule has 1 aliphatic heterocycles. The molecule has 7 heteroatoms. The van der Waals surface area contributed by atoms with Gasteiger partial charge in [-0.05, 0) is 44.0 Å². The summed E-state index contributed by atoms with van der Waals surface area (Å²) in [5.74, 6) is 1.28. The second kappa shape index (κ2) is 7.60. The summed E-state index contributed by atoms with van der Waals surface area (Å²) in [5, 5.41) is 0. The molecule has 0 amide bonds. The van der Waals surface area contributed by atoms with E-state index in [9.17, 15) is 13.2 Å². The Hall–Kier alpha value is -2.54. The van der Waals surface area contributed by atoms with Crippen LogP contribution < -0.4 is 14.9 Å². The number of aryl methyl sites for hydroxylation is 2. The Labute approximate surface area is 159 Å². The highest BCUT2D eigenvalue weighted by atomic mass is 32.2. The number of sulfone groups is 1. The Morgan fingerprint density at radius 1 is 1.11 bits per heavy atom. The zero-order valence-corrected chi connectivity index (χ0v) is 16.5. The van der Waals surface area contributed by atoms with E-state index < -0.39 is 9.84 Å².